The monoisotopic (exact) mass is 250 g/mol. The molecule has 0 aliphatic heterocycles. The SMILES string of the molecule is CC(C)(C)C(=O)OCON.CCN(CC)NN. The molecule has 0 unspecified atom stereocenters. The largest absolute Gasteiger partial charge is 0.436 e. The van der Waals surface area contributed by atoms with Crippen LogP contribution in [-0.4, -0.2) is 30.9 Å². The van der Waals surface area contributed by atoms with Crippen molar-refractivity contribution in [2.45, 2.75) is 34.6 Å². The van der Waals surface area contributed by atoms with Crippen molar-refractivity contribution in [3.63, 3.8) is 0 Å². The molecule has 0 bridgehead atoms. The van der Waals surface area contributed by atoms with Crippen molar-refractivity contribution in [2.24, 2.45) is 17.2 Å². The molecule has 7 nitrogen and oxygen atoms in total. The molecule has 0 saturated carbocycles. The maximum Gasteiger partial charge on any atom is 0.313 e. The zero-order valence-corrected chi connectivity index (χ0v) is 11.4. The maximum absolute atomic E-state index is 10.9. The third kappa shape index (κ3) is 11.5. The van der Waals surface area contributed by atoms with E-state index in [4.69, 9.17) is 5.84 Å². The Morgan fingerprint density at radius 2 is 1.76 bits per heavy atom. The number of hydrogen-bond acceptors (Lipinski definition) is 7. The standard InChI is InChI=1S/C6H13NO3.C4H13N3/c1-6(2,3)5(8)9-4-10-7;1-3-7(4-2)6-5/h4,7H2,1-3H3;6H,3-5H2,1-2H3. The zero-order valence-electron chi connectivity index (χ0n) is 11.4. The highest BCUT2D eigenvalue weighted by Gasteiger charge is 2.22. The average molecular weight is 250 g/mol. The number of carbonyl (C=O) groups is 1. The Morgan fingerprint density at radius 3 is 1.94 bits per heavy atom. The molecule has 0 rings (SSSR count). The first-order valence-electron chi connectivity index (χ1n) is 5.53. The minimum atomic E-state index is -0.488. The first-order valence-corrected chi connectivity index (χ1v) is 5.53. The van der Waals surface area contributed by atoms with Crippen molar-refractivity contribution in [1.82, 2.24) is 10.5 Å². The van der Waals surface area contributed by atoms with Crippen LogP contribution >= 0.6 is 0 Å². The fraction of sp³-hybridized carbons (Fsp3) is 0.900. The molecule has 0 fully saturated rings. The fourth-order valence-corrected chi connectivity index (χ4v) is 0.710. The number of nitrogens with zero attached hydrogens (tertiary/aromatic N) is 1. The Morgan fingerprint density at radius 1 is 1.29 bits per heavy atom. The summed E-state index contributed by atoms with van der Waals surface area (Å²) in [4.78, 5) is 14.9. The lowest BCUT2D eigenvalue weighted by Gasteiger charge is -2.15. The number of hydrazine groups is 2. The van der Waals surface area contributed by atoms with E-state index in [1.807, 2.05) is 18.9 Å². The van der Waals surface area contributed by atoms with E-state index in [0.29, 0.717) is 0 Å². The van der Waals surface area contributed by atoms with E-state index in [1.54, 1.807) is 20.8 Å². The minimum Gasteiger partial charge on any atom is -0.436 e. The summed E-state index contributed by atoms with van der Waals surface area (Å²) in [5.41, 5.74) is 2.05. The molecule has 0 aliphatic carbocycles. The molecule has 0 aromatic heterocycles. The molecular formula is C10H26N4O3. The van der Waals surface area contributed by atoms with E-state index < -0.39 is 5.41 Å². The molecule has 0 saturated heterocycles. The number of hydrogen-bond donors (Lipinski definition) is 3. The minimum absolute atomic E-state index is 0.184. The van der Waals surface area contributed by atoms with E-state index in [-0.39, 0.29) is 12.8 Å². The van der Waals surface area contributed by atoms with E-state index in [2.05, 4.69) is 21.0 Å². The van der Waals surface area contributed by atoms with Gasteiger partial charge in [-0.1, -0.05) is 13.8 Å². The number of esters is 1. The van der Waals surface area contributed by atoms with Gasteiger partial charge in [0.25, 0.3) is 0 Å². The van der Waals surface area contributed by atoms with E-state index >= 15 is 0 Å². The third-order valence-corrected chi connectivity index (χ3v) is 1.82. The summed E-state index contributed by atoms with van der Waals surface area (Å²) in [6, 6.07) is 0. The highest BCUT2D eigenvalue weighted by atomic mass is 16.7. The van der Waals surface area contributed by atoms with Gasteiger partial charge in [0, 0.05) is 13.1 Å². The Labute approximate surface area is 103 Å². The van der Waals surface area contributed by atoms with Crippen molar-refractivity contribution in [2.75, 3.05) is 19.9 Å². The van der Waals surface area contributed by atoms with Crippen LogP contribution < -0.4 is 17.3 Å². The van der Waals surface area contributed by atoms with Crippen LogP contribution in [0.3, 0.4) is 0 Å². The lowest BCUT2D eigenvalue weighted by Crippen LogP contribution is -2.42. The Hall–Kier alpha value is -0.730. The summed E-state index contributed by atoms with van der Waals surface area (Å²) < 4.78 is 4.57. The second-order valence-electron chi connectivity index (χ2n) is 4.27. The Bertz CT molecular complexity index is 185. The summed E-state index contributed by atoms with van der Waals surface area (Å²) in [5.74, 6) is 9.39. The van der Waals surface area contributed by atoms with E-state index in [1.165, 1.54) is 0 Å². The van der Waals surface area contributed by atoms with Crippen LogP contribution in [0.25, 0.3) is 0 Å². The fourth-order valence-electron chi connectivity index (χ4n) is 0.710. The van der Waals surface area contributed by atoms with Crippen LogP contribution in [0.1, 0.15) is 34.6 Å². The summed E-state index contributed by atoms with van der Waals surface area (Å²) in [7, 11) is 0. The maximum atomic E-state index is 10.9. The molecule has 0 atom stereocenters. The van der Waals surface area contributed by atoms with Crippen LogP contribution in [0.15, 0.2) is 0 Å². The normalized spacial score (nSPS) is 10.8. The molecule has 0 aliphatic rings. The molecule has 0 spiro atoms. The molecule has 5 N–H and O–H groups in total. The van der Waals surface area contributed by atoms with E-state index in [9.17, 15) is 4.79 Å². The summed E-state index contributed by atoms with van der Waals surface area (Å²) in [6.45, 7) is 11.1. The van der Waals surface area contributed by atoms with Crippen LogP contribution in [0.2, 0.25) is 0 Å². The third-order valence-electron chi connectivity index (χ3n) is 1.82. The van der Waals surface area contributed by atoms with Gasteiger partial charge in [0.2, 0.25) is 6.79 Å². The summed E-state index contributed by atoms with van der Waals surface area (Å²) in [5, 5.41) is 1.90. The predicted octanol–water partition coefficient (Wildman–Crippen LogP) is 0.130. The molecule has 0 radical (unpaired) electrons. The lowest BCUT2D eigenvalue weighted by atomic mass is 9.98. The van der Waals surface area contributed by atoms with Gasteiger partial charge in [-0.3, -0.25) is 15.5 Å². The number of rotatable bonds is 5. The van der Waals surface area contributed by atoms with Crippen LogP contribution in [0.4, 0.5) is 0 Å². The van der Waals surface area contributed by atoms with Crippen molar-refractivity contribution in [3.8, 4) is 0 Å². The second-order valence-corrected chi connectivity index (χ2v) is 4.27. The number of nitrogens with two attached hydrogens (primary N) is 2. The van der Waals surface area contributed by atoms with Crippen molar-refractivity contribution < 1.29 is 14.4 Å². The average Bonchev–Trinajstić information content (AvgIpc) is 2.28. The van der Waals surface area contributed by atoms with Gasteiger partial charge in [-0.15, -0.1) is 0 Å². The molecular weight excluding hydrogens is 224 g/mol. The zero-order chi connectivity index (χ0) is 13.9. The van der Waals surface area contributed by atoms with Crippen molar-refractivity contribution in [3.05, 3.63) is 0 Å². The first kappa shape index (κ1) is 18.6. The van der Waals surface area contributed by atoms with Crippen LogP contribution in [0.5, 0.6) is 0 Å². The topological polar surface area (TPSA) is 103 Å². The van der Waals surface area contributed by atoms with Gasteiger partial charge >= 0.3 is 5.97 Å². The molecule has 7 heteroatoms. The molecule has 0 aromatic carbocycles. The van der Waals surface area contributed by atoms with Gasteiger partial charge in [0.1, 0.15) is 0 Å². The Balaban J connectivity index is 0. The van der Waals surface area contributed by atoms with Gasteiger partial charge in [0.15, 0.2) is 0 Å². The quantitative estimate of drug-likeness (QED) is 0.276. The second kappa shape index (κ2) is 10.4. The summed E-state index contributed by atoms with van der Waals surface area (Å²) >= 11 is 0. The van der Waals surface area contributed by atoms with E-state index in [0.717, 1.165) is 13.1 Å². The molecule has 0 aromatic rings. The van der Waals surface area contributed by atoms with Gasteiger partial charge < -0.3 is 4.74 Å². The van der Waals surface area contributed by atoms with Gasteiger partial charge in [-0.05, 0) is 20.8 Å². The Kier molecular flexibility index (Phi) is 11.4. The van der Waals surface area contributed by atoms with Gasteiger partial charge in [-0.2, -0.15) is 5.53 Å². The lowest BCUT2D eigenvalue weighted by molar-refractivity contribution is -0.166. The van der Waals surface area contributed by atoms with Gasteiger partial charge in [0.05, 0.1) is 5.41 Å². The number of carbonyl (C=O) groups excluding carboxylic acids is 1. The smallest absolute Gasteiger partial charge is 0.313 e. The van der Waals surface area contributed by atoms with Crippen molar-refractivity contribution in [1.29, 1.82) is 0 Å². The van der Waals surface area contributed by atoms with Crippen LogP contribution in [-0.2, 0) is 14.4 Å². The molecule has 17 heavy (non-hydrogen) atoms. The molecule has 104 valence electrons. The highest BCUT2D eigenvalue weighted by molar-refractivity contribution is 5.75. The van der Waals surface area contributed by atoms with Crippen molar-refractivity contribution >= 4 is 5.97 Å². The molecule has 0 heterocycles. The number of ether oxygens (including phenoxy) is 1. The first-order chi connectivity index (χ1) is 7.83. The summed E-state index contributed by atoms with van der Waals surface area (Å²) in [6.07, 6.45) is 0. The highest BCUT2D eigenvalue weighted by Crippen LogP contribution is 2.14. The molecule has 0 amide bonds. The van der Waals surface area contributed by atoms with Crippen LogP contribution in [0, 0.1) is 5.41 Å². The van der Waals surface area contributed by atoms with Gasteiger partial charge in [-0.25, -0.2) is 10.9 Å². The number of nitrogens with one attached hydrogen (secondary N) is 1. The predicted molar refractivity (Wildman–Crippen MR) is 65.9 cm³/mol.